The Morgan fingerprint density at radius 3 is 2.70 bits per heavy atom. The molecule has 0 saturated carbocycles. The first-order chi connectivity index (χ1) is 9.49. The topological polar surface area (TPSA) is 79.3 Å². The van der Waals surface area contributed by atoms with Crippen molar-refractivity contribution in [1.82, 2.24) is 4.98 Å². The fourth-order valence-corrected chi connectivity index (χ4v) is 1.61. The molecule has 0 aliphatic rings. The van der Waals surface area contributed by atoms with Gasteiger partial charge in [0.2, 0.25) is 0 Å². The van der Waals surface area contributed by atoms with Crippen LogP contribution in [0.25, 0.3) is 0 Å². The Balaban J connectivity index is 2.28. The summed E-state index contributed by atoms with van der Waals surface area (Å²) in [6.07, 6.45) is 1.34. The quantitative estimate of drug-likeness (QED) is 0.912. The van der Waals surface area contributed by atoms with E-state index in [-0.39, 0.29) is 22.0 Å². The molecule has 2 aromatic rings. The molecule has 20 heavy (non-hydrogen) atoms. The number of halogens is 2. The van der Waals surface area contributed by atoms with Crippen LogP contribution in [-0.2, 0) is 0 Å². The Morgan fingerprint density at radius 2 is 2.05 bits per heavy atom. The number of aromatic carboxylic acids is 1. The van der Waals surface area contributed by atoms with Gasteiger partial charge in [-0.05, 0) is 30.3 Å². The number of hydrogen-bond donors (Lipinski definition) is 2. The number of nitrogens with zero attached hydrogens (tertiary/aromatic N) is 1. The summed E-state index contributed by atoms with van der Waals surface area (Å²) in [6.45, 7) is 0. The fraction of sp³-hybridized carbons (Fsp3) is 0. The van der Waals surface area contributed by atoms with E-state index in [0.717, 1.165) is 6.07 Å². The lowest BCUT2D eigenvalue weighted by atomic mass is 10.2. The van der Waals surface area contributed by atoms with Crippen molar-refractivity contribution < 1.29 is 19.1 Å². The number of amides is 1. The van der Waals surface area contributed by atoms with Crippen LogP contribution in [-0.4, -0.2) is 22.0 Å². The summed E-state index contributed by atoms with van der Waals surface area (Å²) in [6, 6.07) is 6.25. The van der Waals surface area contributed by atoms with E-state index in [9.17, 15) is 14.0 Å². The molecule has 102 valence electrons. The number of hydrogen-bond acceptors (Lipinski definition) is 3. The third-order valence-electron chi connectivity index (χ3n) is 2.45. The molecule has 0 aliphatic carbocycles. The lowest BCUT2D eigenvalue weighted by molar-refractivity contribution is 0.0697. The van der Waals surface area contributed by atoms with Crippen LogP contribution in [0.2, 0.25) is 5.02 Å². The number of carbonyl (C=O) groups is 2. The maximum absolute atomic E-state index is 13.3. The molecule has 0 atom stereocenters. The second-order valence-corrected chi connectivity index (χ2v) is 4.19. The number of anilines is 1. The van der Waals surface area contributed by atoms with E-state index in [4.69, 9.17) is 16.7 Å². The van der Waals surface area contributed by atoms with Crippen LogP contribution in [0.1, 0.15) is 20.7 Å². The zero-order chi connectivity index (χ0) is 14.7. The number of rotatable bonds is 3. The van der Waals surface area contributed by atoms with Gasteiger partial charge in [-0.3, -0.25) is 4.79 Å². The van der Waals surface area contributed by atoms with Crippen LogP contribution in [0.3, 0.4) is 0 Å². The third-order valence-corrected chi connectivity index (χ3v) is 2.76. The van der Waals surface area contributed by atoms with Gasteiger partial charge in [0.15, 0.2) is 0 Å². The van der Waals surface area contributed by atoms with Gasteiger partial charge in [0.1, 0.15) is 17.2 Å². The Hall–Kier alpha value is -2.47. The molecule has 2 rings (SSSR count). The molecule has 1 amide bonds. The minimum absolute atomic E-state index is 0.00823. The monoisotopic (exact) mass is 294 g/mol. The summed E-state index contributed by atoms with van der Waals surface area (Å²) >= 11 is 5.52. The van der Waals surface area contributed by atoms with E-state index in [1.807, 2.05) is 0 Å². The Morgan fingerprint density at radius 1 is 1.30 bits per heavy atom. The predicted molar refractivity (Wildman–Crippen MR) is 70.6 cm³/mol. The smallest absolute Gasteiger partial charge is 0.339 e. The third kappa shape index (κ3) is 2.92. The second-order valence-electron chi connectivity index (χ2n) is 3.79. The molecular weight excluding hydrogens is 287 g/mol. The highest BCUT2D eigenvalue weighted by Crippen LogP contribution is 2.17. The first-order valence-corrected chi connectivity index (χ1v) is 5.81. The number of benzene rings is 1. The van der Waals surface area contributed by atoms with E-state index in [1.165, 1.54) is 30.5 Å². The number of carboxylic acid groups (broad SMARTS) is 1. The van der Waals surface area contributed by atoms with Crippen LogP contribution in [0, 0.1) is 5.82 Å². The summed E-state index contributed by atoms with van der Waals surface area (Å²) in [7, 11) is 0. The maximum atomic E-state index is 13.3. The lowest BCUT2D eigenvalue weighted by Crippen LogP contribution is -2.16. The molecule has 0 bridgehead atoms. The molecule has 0 fully saturated rings. The number of carbonyl (C=O) groups excluding carboxylic acids is 1. The standard InChI is InChI=1S/C13H8ClFN2O3/c14-9-4-3-7(6-10(9)15)12(18)17-11-8(13(19)20)2-1-5-16-11/h1-6H,(H,19,20)(H,16,17,18). The normalized spacial score (nSPS) is 10.1. The second kappa shape index (κ2) is 5.66. The molecular formula is C13H8ClFN2O3. The van der Waals surface area contributed by atoms with Gasteiger partial charge in [0.25, 0.3) is 5.91 Å². The van der Waals surface area contributed by atoms with E-state index in [2.05, 4.69) is 10.3 Å². The average molecular weight is 295 g/mol. The highest BCUT2D eigenvalue weighted by Gasteiger charge is 2.15. The van der Waals surface area contributed by atoms with Crippen molar-refractivity contribution in [3.8, 4) is 0 Å². The Labute approximate surface area is 118 Å². The predicted octanol–water partition coefficient (Wildman–Crippen LogP) is 2.82. The molecule has 7 heteroatoms. The van der Waals surface area contributed by atoms with Gasteiger partial charge in [-0.15, -0.1) is 0 Å². The van der Waals surface area contributed by atoms with Gasteiger partial charge < -0.3 is 10.4 Å². The first-order valence-electron chi connectivity index (χ1n) is 5.44. The fourth-order valence-electron chi connectivity index (χ4n) is 1.49. The SMILES string of the molecule is O=C(Nc1ncccc1C(=O)O)c1ccc(Cl)c(F)c1. The van der Waals surface area contributed by atoms with E-state index >= 15 is 0 Å². The summed E-state index contributed by atoms with van der Waals surface area (Å²) in [4.78, 5) is 26.6. The highest BCUT2D eigenvalue weighted by molar-refractivity contribution is 6.30. The van der Waals surface area contributed by atoms with Crippen molar-refractivity contribution in [1.29, 1.82) is 0 Å². The molecule has 1 aromatic carbocycles. The lowest BCUT2D eigenvalue weighted by Gasteiger charge is -2.07. The molecule has 1 heterocycles. The van der Waals surface area contributed by atoms with Crippen LogP contribution in [0.4, 0.5) is 10.2 Å². The van der Waals surface area contributed by atoms with Gasteiger partial charge in [-0.2, -0.15) is 0 Å². The van der Waals surface area contributed by atoms with E-state index in [0.29, 0.717) is 0 Å². The van der Waals surface area contributed by atoms with Gasteiger partial charge in [0, 0.05) is 11.8 Å². The number of aromatic nitrogens is 1. The highest BCUT2D eigenvalue weighted by atomic mass is 35.5. The van der Waals surface area contributed by atoms with Crippen molar-refractivity contribution in [2.24, 2.45) is 0 Å². The Kier molecular flexibility index (Phi) is 3.95. The zero-order valence-corrected chi connectivity index (χ0v) is 10.7. The molecule has 0 saturated heterocycles. The summed E-state index contributed by atoms with van der Waals surface area (Å²) in [5, 5.41) is 11.2. The van der Waals surface area contributed by atoms with Crippen LogP contribution in [0.5, 0.6) is 0 Å². The summed E-state index contributed by atoms with van der Waals surface area (Å²) in [5.74, 6) is -2.75. The summed E-state index contributed by atoms with van der Waals surface area (Å²) < 4.78 is 13.3. The molecule has 0 spiro atoms. The van der Waals surface area contributed by atoms with Crippen molar-refractivity contribution in [3.63, 3.8) is 0 Å². The van der Waals surface area contributed by atoms with Crippen LogP contribution in [0.15, 0.2) is 36.5 Å². The summed E-state index contributed by atoms with van der Waals surface area (Å²) in [5.41, 5.74) is -0.149. The van der Waals surface area contributed by atoms with Gasteiger partial charge >= 0.3 is 5.97 Å². The molecule has 0 radical (unpaired) electrons. The van der Waals surface area contributed by atoms with E-state index in [1.54, 1.807) is 0 Å². The van der Waals surface area contributed by atoms with Gasteiger partial charge in [-0.25, -0.2) is 14.2 Å². The molecule has 0 unspecified atom stereocenters. The molecule has 1 aromatic heterocycles. The molecule has 2 N–H and O–H groups in total. The minimum Gasteiger partial charge on any atom is -0.478 e. The van der Waals surface area contributed by atoms with Crippen LogP contribution < -0.4 is 5.32 Å². The van der Waals surface area contributed by atoms with Gasteiger partial charge in [0.05, 0.1) is 5.02 Å². The zero-order valence-electron chi connectivity index (χ0n) is 9.93. The van der Waals surface area contributed by atoms with Crippen molar-refractivity contribution >= 4 is 29.3 Å². The van der Waals surface area contributed by atoms with Crippen molar-refractivity contribution in [2.75, 3.05) is 5.32 Å². The number of nitrogens with one attached hydrogen (secondary N) is 1. The van der Waals surface area contributed by atoms with E-state index < -0.39 is 17.7 Å². The molecule has 5 nitrogen and oxygen atoms in total. The van der Waals surface area contributed by atoms with Crippen molar-refractivity contribution in [3.05, 3.63) is 58.5 Å². The van der Waals surface area contributed by atoms with Gasteiger partial charge in [-0.1, -0.05) is 11.6 Å². The Bertz CT molecular complexity index is 691. The first kappa shape index (κ1) is 14.0. The number of carboxylic acids is 1. The number of pyridine rings is 1. The molecule has 0 aliphatic heterocycles. The largest absolute Gasteiger partial charge is 0.478 e. The average Bonchev–Trinajstić information content (AvgIpc) is 2.42. The minimum atomic E-state index is -1.23. The maximum Gasteiger partial charge on any atom is 0.339 e. The van der Waals surface area contributed by atoms with Crippen LogP contribution >= 0.6 is 11.6 Å². The van der Waals surface area contributed by atoms with Crippen molar-refractivity contribution in [2.45, 2.75) is 0 Å².